The number of rotatable bonds is 6. The molecule has 0 spiro atoms. The van der Waals surface area contributed by atoms with E-state index in [4.69, 9.17) is 11.6 Å². The number of carbonyl (C=O) groups is 2. The molecule has 0 unspecified atom stereocenters. The van der Waals surface area contributed by atoms with E-state index in [0.717, 1.165) is 12.1 Å². The van der Waals surface area contributed by atoms with Crippen LogP contribution in [0.25, 0.3) is 0 Å². The molecule has 1 rings (SSSR count). The number of likely N-dealkylation sites (N-methyl/N-ethyl adjacent to an activating group) is 1. The Labute approximate surface area is 143 Å². The number of anilines is 1. The zero-order chi connectivity index (χ0) is 18.5. The summed E-state index contributed by atoms with van der Waals surface area (Å²) in [4.78, 5) is 26.7. The lowest BCUT2D eigenvalue weighted by Gasteiger charge is -2.23. The van der Waals surface area contributed by atoms with Gasteiger partial charge in [0.25, 0.3) is 0 Å². The molecule has 1 N–H and O–H groups in total. The molecule has 0 saturated heterocycles. The van der Waals surface area contributed by atoms with Crippen LogP contribution in [0.4, 0.5) is 18.9 Å². The third-order valence-electron chi connectivity index (χ3n) is 3.16. The summed E-state index contributed by atoms with van der Waals surface area (Å²) in [6.45, 7) is 1.79. The normalized spacial score (nSPS) is 11.5. The molecule has 1 aromatic carbocycles. The van der Waals surface area contributed by atoms with Gasteiger partial charge in [-0.3, -0.25) is 9.59 Å². The molecule has 0 aliphatic rings. The Morgan fingerprint density at radius 2 is 1.83 bits per heavy atom. The van der Waals surface area contributed by atoms with Gasteiger partial charge in [0.05, 0.1) is 17.8 Å². The first-order valence-electron chi connectivity index (χ1n) is 7.07. The van der Waals surface area contributed by atoms with E-state index in [2.05, 4.69) is 5.32 Å². The summed E-state index contributed by atoms with van der Waals surface area (Å²) in [5.41, 5.74) is -1.43. The van der Waals surface area contributed by atoms with Crippen LogP contribution in [-0.2, 0) is 15.8 Å². The smallest absolute Gasteiger partial charge is 0.332 e. The first-order chi connectivity index (χ1) is 11.0. The number of amides is 2. The van der Waals surface area contributed by atoms with Crippen molar-refractivity contribution in [2.24, 2.45) is 0 Å². The number of hydrogen-bond donors (Lipinski definition) is 1. The largest absolute Gasteiger partial charge is 0.418 e. The molecular weight excluding hydrogens is 347 g/mol. The molecule has 1 aromatic rings. The second kappa shape index (κ2) is 8.34. The predicted molar refractivity (Wildman–Crippen MR) is 85.9 cm³/mol. The molecule has 0 aliphatic carbocycles. The van der Waals surface area contributed by atoms with Gasteiger partial charge in [0.15, 0.2) is 0 Å². The van der Waals surface area contributed by atoms with Crippen molar-refractivity contribution in [1.82, 2.24) is 9.80 Å². The van der Waals surface area contributed by atoms with Crippen molar-refractivity contribution in [3.63, 3.8) is 0 Å². The number of hydrogen-bond acceptors (Lipinski definition) is 3. The number of alkyl halides is 3. The van der Waals surface area contributed by atoms with E-state index in [-0.39, 0.29) is 17.5 Å². The van der Waals surface area contributed by atoms with Crippen LogP contribution < -0.4 is 5.32 Å². The first kappa shape index (κ1) is 20.2. The lowest BCUT2D eigenvalue weighted by atomic mass is 10.1. The SMILES string of the molecule is CC(=O)N(CCN(C)C)CC(=O)Nc1ccc(Cl)cc1C(F)(F)F. The summed E-state index contributed by atoms with van der Waals surface area (Å²) in [6, 6.07) is 3.08. The van der Waals surface area contributed by atoms with Crippen molar-refractivity contribution >= 4 is 29.1 Å². The van der Waals surface area contributed by atoms with Gasteiger partial charge in [0.2, 0.25) is 11.8 Å². The number of carbonyl (C=O) groups excluding carboxylic acids is 2. The summed E-state index contributed by atoms with van der Waals surface area (Å²) in [5, 5.41) is 2.11. The van der Waals surface area contributed by atoms with Gasteiger partial charge in [-0.05, 0) is 32.3 Å². The van der Waals surface area contributed by atoms with Crippen molar-refractivity contribution in [2.75, 3.05) is 39.0 Å². The van der Waals surface area contributed by atoms with Gasteiger partial charge in [-0.1, -0.05) is 11.6 Å². The van der Waals surface area contributed by atoms with Crippen LogP contribution in [0.5, 0.6) is 0 Å². The summed E-state index contributed by atoms with van der Waals surface area (Å²) in [5.74, 6) is -1.05. The minimum absolute atomic E-state index is 0.0864. The Morgan fingerprint density at radius 1 is 1.21 bits per heavy atom. The zero-order valence-corrected chi connectivity index (χ0v) is 14.3. The van der Waals surface area contributed by atoms with Crippen LogP contribution >= 0.6 is 11.6 Å². The van der Waals surface area contributed by atoms with E-state index < -0.39 is 23.3 Å². The number of benzene rings is 1. The highest BCUT2D eigenvalue weighted by Gasteiger charge is 2.34. The standard InChI is InChI=1S/C15H19ClF3N3O2/c1-10(23)22(7-6-21(2)3)9-14(24)20-13-5-4-11(16)8-12(13)15(17,18)19/h4-5,8H,6-7,9H2,1-3H3,(H,20,24). The molecule has 134 valence electrons. The monoisotopic (exact) mass is 365 g/mol. The highest BCUT2D eigenvalue weighted by atomic mass is 35.5. The Balaban J connectivity index is 2.85. The van der Waals surface area contributed by atoms with Crippen molar-refractivity contribution in [3.05, 3.63) is 28.8 Å². The van der Waals surface area contributed by atoms with E-state index in [0.29, 0.717) is 13.1 Å². The lowest BCUT2D eigenvalue weighted by molar-refractivity contribution is -0.137. The van der Waals surface area contributed by atoms with Crippen LogP contribution in [0, 0.1) is 0 Å². The van der Waals surface area contributed by atoms with Crippen LogP contribution in [0.15, 0.2) is 18.2 Å². The molecule has 0 radical (unpaired) electrons. The third-order valence-corrected chi connectivity index (χ3v) is 3.39. The summed E-state index contributed by atoms with van der Waals surface area (Å²) in [6.07, 6.45) is -4.65. The fraction of sp³-hybridized carbons (Fsp3) is 0.467. The van der Waals surface area contributed by atoms with Gasteiger partial charge in [-0.2, -0.15) is 13.2 Å². The Kier molecular flexibility index (Phi) is 7.04. The average molecular weight is 366 g/mol. The van der Waals surface area contributed by atoms with E-state index in [1.54, 1.807) is 0 Å². The van der Waals surface area contributed by atoms with E-state index >= 15 is 0 Å². The lowest BCUT2D eigenvalue weighted by Crippen LogP contribution is -2.40. The van der Waals surface area contributed by atoms with E-state index in [1.165, 1.54) is 17.9 Å². The Morgan fingerprint density at radius 3 is 2.33 bits per heavy atom. The van der Waals surface area contributed by atoms with E-state index in [1.807, 2.05) is 19.0 Å². The fourth-order valence-electron chi connectivity index (χ4n) is 1.89. The van der Waals surface area contributed by atoms with Crippen LogP contribution in [0.3, 0.4) is 0 Å². The number of nitrogens with zero attached hydrogens (tertiary/aromatic N) is 2. The molecule has 5 nitrogen and oxygen atoms in total. The van der Waals surface area contributed by atoms with Crippen molar-refractivity contribution in [3.8, 4) is 0 Å². The van der Waals surface area contributed by atoms with Crippen LogP contribution in [0.2, 0.25) is 5.02 Å². The molecule has 9 heteroatoms. The van der Waals surface area contributed by atoms with Gasteiger partial charge in [-0.15, -0.1) is 0 Å². The van der Waals surface area contributed by atoms with E-state index in [9.17, 15) is 22.8 Å². The fourth-order valence-corrected chi connectivity index (χ4v) is 2.06. The van der Waals surface area contributed by atoms with Gasteiger partial charge < -0.3 is 15.1 Å². The van der Waals surface area contributed by atoms with Gasteiger partial charge in [0, 0.05) is 25.0 Å². The van der Waals surface area contributed by atoms with Gasteiger partial charge in [-0.25, -0.2) is 0 Å². The van der Waals surface area contributed by atoms with Crippen LogP contribution in [0.1, 0.15) is 12.5 Å². The van der Waals surface area contributed by atoms with Crippen molar-refractivity contribution in [1.29, 1.82) is 0 Å². The van der Waals surface area contributed by atoms with Gasteiger partial charge in [0.1, 0.15) is 0 Å². The molecule has 24 heavy (non-hydrogen) atoms. The molecule has 0 aliphatic heterocycles. The molecule has 2 amide bonds. The quantitative estimate of drug-likeness (QED) is 0.843. The van der Waals surface area contributed by atoms with Crippen molar-refractivity contribution < 1.29 is 22.8 Å². The number of nitrogens with one attached hydrogen (secondary N) is 1. The second-order valence-corrected chi connectivity index (χ2v) is 5.92. The highest BCUT2D eigenvalue weighted by Crippen LogP contribution is 2.36. The summed E-state index contributed by atoms with van der Waals surface area (Å²) in [7, 11) is 3.61. The van der Waals surface area contributed by atoms with Crippen molar-refractivity contribution in [2.45, 2.75) is 13.1 Å². The zero-order valence-electron chi connectivity index (χ0n) is 13.6. The minimum Gasteiger partial charge on any atom is -0.332 e. The minimum atomic E-state index is -4.65. The Bertz CT molecular complexity index is 606. The highest BCUT2D eigenvalue weighted by molar-refractivity contribution is 6.30. The molecule has 0 saturated carbocycles. The Hall–Kier alpha value is -1.80. The molecular formula is C15H19ClF3N3O2. The number of halogens is 4. The molecule has 0 heterocycles. The third kappa shape index (κ3) is 6.37. The van der Waals surface area contributed by atoms with Gasteiger partial charge >= 0.3 is 6.18 Å². The first-order valence-corrected chi connectivity index (χ1v) is 7.45. The van der Waals surface area contributed by atoms with Crippen LogP contribution in [-0.4, -0.2) is 55.3 Å². The molecule has 0 bridgehead atoms. The predicted octanol–water partition coefficient (Wildman–Crippen LogP) is 2.71. The molecule has 0 fully saturated rings. The average Bonchev–Trinajstić information content (AvgIpc) is 2.43. The summed E-state index contributed by atoms with van der Waals surface area (Å²) >= 11 is 5.59. The maximum atomic E-state index is 13.0. The topological polar surface area (TPSA) is 52.7 Å². The maximum absolute atomic E-state index is 13.0. The molecule has 0 atom stereocenters. The summed E-state index contributed by atoms with van der Waals surface area (Å²) < 4.78 is 39.0. The maximum Gasteiger partial charge on any atom is 0.418 e. The molecule has 0 aromatic heterocycles. The second-order valence-electron chi connectivity index (χ2n) is 5.48.